The van der Waals surface area contributed by atoms with Crippen LogP contribution >= 0.6 is 0 Å². The number of pyridine rings is 1. The Kier molecular flexibility index (Phi) is 4.45. The van der Waals surface area contributed by atoms with E-state index >= 15 is 0 Å². The summed E-state index contributed by atoms with van der Waals surface area (Å²) in [5.41, 5.74) is 1.65. The van der Waals surface area contributed by atoms with Crippen molar-refractivity contribution in [2.45, 2.75) is 38.6 Å². The maximum absolute atomic E-state index is 13.1. The van der Waals surface area contributed by atoms with Gasteiger partial charge in [-0.25, -0.2) is 4.98 Å². The van der Waals surface area contributed by atoms with Gasteiger partial charge in [-0.15, -0.1) is 0 Å². The molecule has 1 fully saturated rings. The Morgan fingerprint density at radius 2 is 2.08 bits per heavy atom. The van der Waals surface area contributed by atoms with Gasteiger partial charge in [0.05, 0.1) is 5.52 Å². The van der Waals surface area contributed by atoms with E-state index in [9.17, 15) is 4.79 Å². The molecule has 3 heterocycles. The van der Waals surface area contributed by atoms with Crippen LogP contribution in [0.5, 0.6) is 0 Å². The second-order valence-corrected chi connectivity index (χ2v) is 7.29. The standard InChI is InChI=1S/C21H24N4O/c1-15(2)25-12-10-23-20(25)18-6-4-11-24(14-18)21(26)17-7-8-19-16(13-17)5-3-9-22-19/h3,5,7-10,12-13,15,18H,4,6,11,14H2,1-2H3. The predicted molar refractivity (Wildman–Crippen MR) is 102 cm³/mol. The van der Waals surface area contributed by atoms with Gasteiger partial charge in [-0.1, -0.05) is 6.07 Å². The number of carbonyl (C=O) groups is 1. The number of hydrogen-bond acceptors (Lipinski definition) is 3. The third kappa shape index (κ3) is 3.09. The van der Waals surface area contributed by atoms with E-state index in [1.807, 2.05) is 47.6 Å². The summed E-state index contributed by atoms with van der Waals surface area (Å²) in [6.45, 7) is 5.87. The SMILES string of the molecule is CC(C)n1ccnc1C1CCCN(C(=O)c2ccc3ncccc3c2)C1. The molecule has 3 aromatic rings. The van der Waals surface area contributed by atoms with Crippen LogP contribution in [-0.2, 0) is 0 Å². The number of hydrogen-bond donors (Lipinski definition) is 0. The molecular weight excluding hydrogens is 324 g/mol. The van der Waals surface area contributed by atoms with Crippen LogP contribution < -0.4 is 0 Å². The van der Waals surface area contributed by atoms with Crippen LogP contribution in [0.2, 0.25) is 0 Å². The minimum Gasteiger partial charge on any atom is -0.338 e. The lowest BCUT2D eigenvalue weighted by Crippen LogP contribution is -2.39. The van der Waals surface area contributed by atoms with E-state index in [2.05, 4.69) is 28.4 Å². The minimum atomic E-state index is 0.100. The first-order chi connectivity index (χ1) is 12.6. The van der Waals surface area contributed by atoms with Crippen molar-refractivity contribution in [3.63, 3.8) is 0 Å². The van der Waals surface area contributed by atoms with E-state index < -0.39 is 0 Å². The molecule has 0 aliphatic carbocycles. The lowest BCUT2D eigenvalue weighted by atomic mass is 9.96. The van der Waals surface area contributed by atoms with Gasteiger partial charge in [-0.3, -0.25) is 9.78 Å². The number of amides is 1. The zero-order valence-corrected chi connectivity index (χ0v) is 15.3. The maximum atomic E-state index is 13.1. The zero-order valence-electron chi connectivity index (χ0n) is 15.3. The highest BCUT2D eigenvalue weighted by Gasteiger charge is 2.28. The van der Waals surface area contributed by atoms with E-state index in [1.165, 1.54) is 0 Å². The molecular formula is C21H24N4O. The topological polar surface area (TPSA) is 51.0 Å². The van der Waals surface area contributed by atoms with Crippen molar-refractivity contribution in [2.24, 2.45) is 0 Å². The molecule has 0 radical (unpaired) electrons. The molecule has 0 N–H and O–H groups in total. The van der Waals surface area contributed by atoms with Gasteiger partial charge in [0.25, 0.3) is 5.91 Å². The number of imidazole rings is 1. The number of piperidine rings is 1. The van der Waals surface area contributed by atoms with Crippen molar-refractivity contribution >= 4 is 16.8 Å². The van der Waals surface area contributed by atoms with Crippen LogP contribution in [0.1, 0.15) is 54.8 Å². The van der Waals surface area contributed by atoms with Gasteiger partial charge in [-0.2, -0.15) is 0 Å². The molecule has 0 saturated carbocycles. The van der Waals surface area contributed by atoms with E-state index in [0.717, 1.165) is 48.2 Å². The normalized spacial score (nSPS) is 17.8. The number of nitrogens with zero attached hydrogens (tertiary/aromatic N) is 4. The molecule has 1 amide bonds. The second-order valence-electron chi connectivity index (χ2n) is 7.29. The average molecular weight is 348 g/mol. The summed E-state index contributed by atoms with van der Waals surface area (Å²) < 4.78 is 2.22. The quantitative estimate of drug-likeness (QED) is 0.718. The van der Waals surface area contributed by atoms with Crippen LogP contribution in [0.4, 0.5) is 0 Å². The molecule has 1 saturated heterocycles. The second kappa shape index (κ2) is 6.90. The number of fused-ring (bicyclic) bond motifs is 1. The van der Waals surface area contributed by atoms with Gasteiger partial charge >= 0.3 is 0 Å². The Hall–Kier alpha value is -2.69. The summed E-state index contributed by atoms with van der Waals surface area (Å²) in [7, 11) is 0. The number of carbonyl (C=O) groups excluding carboxylic acids is 1. The molecule has 2 aromatic heterocycles. The molecule has 0 spiro atoms. The van der Waals surface area contributed by atoms with Crippen molar-refractivity contribution < 1.29 is 4.79 Å². The highest BCUT2D eigenvalue weighted by Crippen LogP contribution is 2.28. The van der Waals surface area contributed by atoms with Crippen molar-refractivity contribution in [1.82, 2.24) is 19.4 Å². The van der Waals surface area contributed by atoms with Gasteiger partial charge in [-0.05, 0) is 51.0 Å². The van der Waals surface area contributed by atoms with Crippen LogP contribution in [0.15, 0.2) is 48.9 Å². The molecule has 1 aliphatic rings. The summed E-state index contributed by atoms with van der Waals surface area (Å²) in [6.07, 6.45) is 7.77. The zero-order chi connectivity index (χ0) is 18.1. The van der Waals surface area contributed by atoms with E-state index in [-0.39, 0.29) is 5.91 Å². The number of rotatable bonds is 3. The smallest absolute Gasteiger partial charge is 0.253 e. The number of aromatic nitrogens is 3. The molecule has 1 aliphatic heterocycles. The number of benzene rings is 1. The first kappa shape index (κ1) is 16.8. The summed E-state index contributed by atoms with van der Waals surface area (Å²) in [5, 5.41) is 1.00. The van der Waals surface area contributed by atoms with Crippen LogP contribution in [0.3, 0.4) is 0 Å². The average Bonchev–Trinajstić information content (AvgIpc) is 3.17. The fourth-order valence-corrected chi connectivity index (χ4v) is 3.84. The third-order valence-electron chi connectivity index (χ3n) is 5.18. The third-order valence-corrected chi connectivity index (χ3v) is 5.18. The largest absolute Gasteiger partial charge is 0.338 e. The van der Waals surface area contributed by atoms with Crippen molar-refractivity contribution in [1.29, 1.82) is 0 Å². The lowest BCUT2D eigenvalue weighted by molar-refractivity contribution is 0.0703. The Balaban J connectivity index is 1.56. The van der Waals surface area contributed by atoms with Gasteiger partial charge in [0.1, 0.15) is 5.82 Å². The van der Waals surface area contributed by atoms with Crippen LogP contribution in [-0.4, -0.2) is 38.4 Å². The summed E-state index contributed by atoms with van der Waals surface area (Å²) in [5.74, 6) is 1.50. The molecule has 26 heavy (non-hydrogen) atoms. The van der Waals surface area contributed by atoms with E-state index in [0.29, 0.717) is 12.0 Å². The number of likely N-dealkylation sites (tertiary alicyclic amines) is 1. The first-order valence-electron chi connectivity index (χ1n) is 9.30. The Morgan fingerprint density at radius 3 is 2.92 bits per heavy atom. The molecule has 0 bridgehead atoms. The fraction of sp³-hybridized carbons (Fsp3) is 0.381. The summed E-state index contributed by atoms with van der Waals surface area (Å²) >= 11 is 0. The van der Waals surface area contributed by atoms with Gasteiger partial charge in [0, 0.05) is 54.6 Å². The van der Waals surface area contributed by atoms with Crippen LogP contribution in [0, 0.1) is 0 Å². The summed E-state index contributed by atoms with van der Waals surface area (Å²) in [6, 6.07) is 10.0. The van der Waals surface area contributed by atoms with E-state index in [4.69, 9.17) is 0 Å². The van der Waals surface area contributed by atoms with Crippen LogP contribution in [0.25, 0.3) is 10.9 Å². The Labute approximate surface area is 153 Å². The molecule has 134 valence electrons. The van der Waals surface area contributed by atoms with Crippen molar-refractivity contribution in [3.8, 4) is 0 Å². The highest BCUT2D eigenvalue weighted by molar-refractivity contribution is 5.98. The van der Waals surface area contributed by atoms with Gasteiger partial charge < -0.3 is 9.47 Å². The predicted octanol–water partition coefficient (Wildman–Crippen LogP) is 4.03. The van der Waals surface area contributed by atoms with Crippen molar-refractivity contribution in [2.75, 3.05) is 13.1 Å². The molecule has 1 unspecified atom stereocenters. The van der Waals surface area contributed by atoms with Crippen molar-refractivity contribution in [3.05, 3.63) is 60.3 Å². The molecule has 5 nitrogen and oxygen atoms in total. The molecule has 1 aromatic carbocycles. The van der Waals surface area contributed by atoms with Gasteiger partial charge in [0.2, 0.25) is 0 Å². The fourth-order valence-electron chi connectivity index (χ4n) is 3.84. The molecule has 4 rings (SSSR count). The Morgan fingerprint density at radius 1 is 1.19 bits per heavy atom. The maximum Gasteiger partial charge on any atom is 0.253 e. The van der Waals surface area contributed by atoms with Gasteiger partial charge in [0.15, 0.2) is 0 Å². The first-order valence-corrected chi connectivity index (χ1v) is 9.30. The Bertz CT molecular complexity index is 930. The minimum absolute atomic E-state index is 0.100. The highest BCUT2D eigenvalue weighted by atomic mass is 16.2. The monoisotopic (exact) mass is 348 g/mol. The lowest BCUT2D eigenvalue weighted by Gasteiger charge is -2.33. The summed E-state index contributed by atoms with van der Waals surface area (Å²) in [4.78, 5) is 23.9. The molecule has 5 heteroatoms. The molecule has 1 atom stereocenters. The van der Waals surface area contributed by atoms with E-state index in [1.54, 1.807) is 6.20 Å².